The minimum atomic E-state index is -0.139. The van der Waals surface area contributed by atoms with Crippen molar-refractivity contribution < 1.29 is 14.3 Å². The number of imidazole rings is 1. The van der Waals surface area contributed by atoms with E-state index in [1.807, 2.05) is 41.8 Å². The number of ether oxygens (including phenoxy) is 2. The number of benzene rings is 2. The highest BCUT2D eigenvalue weighted by Gasteiger charge is 2.15. The number of carbonyl (C=O) groups excluding carboxylic acids is 1. The zero-order valence-corrected chi connectivity index (χ0v) is 18.3. The summed E-state index contributed by atoms with van der Waals surface area (Å²) >= 11 is 7.63. The number of hydrogen-bond acceptors (Lipinski definition) is 5. The molecule has 0 N–H and O–H groups in total. The highest BCUT2D eigenvalue weighted by molar-refractivity contribution is 7.17. The van der Waals surface area contributed by atoms with Gasteiger partial charge in [-0.05, 0) is 49.4 Å². The van der Waals surface area contributed by atoms with Crippen molar-refractivity contribution >= 4 is 39.8 Å². The second-order valence-corrected chi connectivity index (χ2v) is 8.26. The molecule has 152 valence electrons. The molecule has 0 fully saturated rings. The molecule has 0 saturated carbocycles. The van der Waals surface area contributed by atoms with Crippen LogP contribution >= 0.6 is 22.9 Å². The van der Waals surface area contributed by atoms with Gasteiger partial charge in [-0.25, -0.2) is 4.98 Å². The molecule has 4 rings (SSSR count). The van der Waals surface area contributed by atoms with Crippen LogP contribution in [0.5, 0.6) is 11.5 Å². The number of halogens is 1. The monoisotopic (exact) mass is 438 g/mol. The first-order chi connectivity index (χ1) is 14.5. The van der Waals surface area contributed by atoms with Crippen molar-refractivity contribution in [3.8, 4) is 22.8 Å². The molecule has 0 aliphatic rings. The Labute approximate surface area is 183 Å². The van der Waals surface area contributed by atoms with Gasteiger partial charge in [-0.3, -0.25) is 9.20 Å². The average Bonchev–Trinajstić information content (AvgIpc) is 3.28. The molecule has 0 saturated heterocycles. The summed E-state index contributed by atoms with van der Waals surface area (Å²) < 4.78 is 12.5. The summed E-state index contributed by atoms with van der Waals surface area (Å²) in [7, 11) is 3.10. The number of nitrogens with zero attached hydrogens (tertiary/aromatic N) is 2. The Balaban J connectivity index is 1.73. The molecule has 0 radical (unpaired) electrons. The minimum Gasteiger partial charge on any atom is -0.493 e. The lowest BCUT2D eigenvalue weighted by atomic mass is 10.1. The zero-order chi connectivity index (χ0) is 21.3. The van der Waals surface area contributed by atoms with Gasteiger partial charge in [-0.15, -0.1) is 11.3 Å². The lowest BCUT2D eigenvalue weighted by Crippen LogP contribution is -1.98. The van der Waals surface area contributed by atoms with Crippen LogP contribution in [0.3, 0.4) is 0 Å². The SMILES string of the molecule is COc1ccc(C(=O)C=Cc2c(-c3ccc(Cl)cc3)nc3sc(C)cn23)cc1OC. The van der Waals surface area contributed by atoms with E-state index in [2.05, 4.69) is 0 Å². The Bertz CT molecular complexity index is 1260. The van der Waals surface area contributed by atoms with Gasteiger partial charge < -0.3 is 9.47 Å². The zero-order valence-electron chi connectivity index (χ0n) is 16.7. The first-order valence-corrected chi connectivity index (χ1v) is 10.4. The van der Waals surface area contributed by atoms with Gasteiger partial charge in [-0.2, -0.15) is 0 Å². The smallest absolute Gasteiger partial charge is 0.194 e. The van der Waals surface area contributed by atoms with Crippen molar-refractivity contribution in [2.75, 3.05) is 14.2 Å². The number of rotatable bonds is 6. The third-order valence-electron chi connectivity index (χ3n) is 4.66. The summed E-state index contributed by atoms with van der Waals surface area (Å²) in [5.41, 5.74) is 3.09. The molecular weight excluding hydrogens is 420 g/mol. The van der Waals surface area contributed by atoms with E-state index < -0.39 is 0 Å². The van der Waals surface area contributed by atoms with Gasteiger partial charge in [0.25, 0.3) is 0 Å². The molecule has 0 amide bonds. The van der Waals surface area contributed by atoms with Crippen LogP contribution in [0.15, 0.2) is 54.7 Å². The molecule has 2 heterocycles. The predicted molar refractivity (Wildman–Crippen MR) is 121 cm³/mol. The van der Waals surface area contributed by atoms with Crippen molar-refractivity contribution in [1.29, 1.82) is 0 Å². The number of carbonyl (C=O) groups is 1. The first kappa shape index (κ1) is 20.2. The van der Waals surface area contributed by atoms with Crippen LogP contribution in [-0.2, 0) is 0 Å². The van der Waals surface area contributed by atoms with Gasteiger partial charge in [0.2, 0.25) is 0 Å². The van der Waals surface area contributed by atoms with E-state index in [4.69, 9.17) is 26.1 Å². The maximum atomic E-state index is 12.8. The molecule has 2 aromatic heterocycles. The molecule has 4 aromatic rings. The quantitative estimate of drug-likeness (QED) is 0.276. The average molecular weight is 439 g/mol. The molecule has 2 aromatic carbocycles. The highest BCUT2D eigenvalue weighted by atomic mass is 35.5. The van der Waals surface area contributed by atoms with Crippen molar-refractivity contribution in [3.05, 3.63) is 75.9 Å². The third kappa shape index (κ3) is 3.84. The summed E-state index contributed by atoms with van der Waals surface area (Å²) in [6.45, 7) is 2.03. The molecule has 0 aliphatic heterocycles. The molecule has 0 bridgehead atoms. The van der Waals surface area contributed by atoms with Crippen LogP contribution < -0.4 is 9.47 Å². The Hall–Kier alpha value is -3.09. The fourth-order valence-corrected chi connectivity index (χ4v) is 4.15. The number of aryl methyl sites for hydroxylation is 1. The minimum absolute atomic E-state index is 0.139. The van der Waals surface area contributed by atoms with Crippen LogP contribution in [-0.4, -0.2) is 29.4 Å². The van der Waals surface area contributed by atoms with Crippen LogP contribution in [0.1, 0.15) is 20.9 Å². The van der Waals surface area contributed by atoms with E-state index in [0.717, 1.165) is 26.8 Å². The maximum Gasteiger partial charge on any atom is 0.194 e. The van der Waals surface area contributed by atoms with Gasteiger partial charge in [0, 0.05) is 27.2 Å². The van der Waals surface area contributed by atoms with E-state index in [0.29, 0.717) is 22.1 Å². The standard InChI is InChI=1S/C23H19ClN2O3S/c1-14-13-26-18(22(25-23(26)30-14)15-4-7-17(24)8-5-15)9-10-19(27)16-6-11-20(28-2)21(12-16)29-3/h4-13H,1-3H3. The van der Waals surface area contributed by atoms with E-state index in [9.17, 15) is 4.79 Å². The van der Waals surface area contributed by atoms with Gasteiger partial charge in [-0.1, -0.05) is 23.7 Å². The van der Waals surface area contributed by atoms with Crippen LogP contribution in [0.2, 0.25) is 5.02 Å². The van der Waals surface area contributed by atoms with Gasteiger partial charge >= 0.3 is 0 Å². The van der Waals surface area contributed by atoms with E-state index in [1.165, 1.54) is 0 Å². The van der Waals surface area contributed by atoms with Crippen molar-refractivity contribution in [2.45, 2.75) is 6.92 Å². The summed E-state index contributed by atoms with van der Waals surface area (Å²) in [5.74, 6) is 0.952. The number of hydrogen-bond donors (Lipinski definition) is 0. The van der Waals surface area contributed by atoms with Gasteiger partial charge in [0.15, 0.2) is 22.2 Å². The molecule has 0 aliphatic carbocycles. The lowest BCUT2D eigenvalue weighted by molar-refractivity contribution is 0.104. The number of allylic oxidation sites excluding steroid dienone is 1. The second-order valence-electron chi connectivity index (χ2n) is 6.61. The Morgan fingerprint density at radius 2 is 1.83 bits per heavy atom. The number of aromatic nitrogens is 2. The molecule has 0 spiro atoms. The maximum absolute atomic E-state index is 12.8. The van der Waals surface area contributed by atoms with Crippen LogP contribution in [0, 0.1) is 6.92 Å². The molecule has 7 heteroatoms. The molecule has 0 unspecified atom stereocenters. The summed E-state index contributed by atoms with van der Waals surface area (Å²) in [5, 5.41) is 0.663. The normalized spacial score (nSPS) is 11.3. The summed E-state index contributed by atoms with van der Waals surface area (Å²) in [4.78, 5) is 19.6. The topological polar surface area (TPSA) is 52.8 Å². The van der Waals surface area contributed by atoms with Gasteiger partial charge in [0.1, 0.15) is 0 Å². The van der Waals surface area contributed by atoms with Crippen LogP contribution in [0.25, 0.3) is 22.3 Å². The largest absolute Gasteiger partial charge is 0.493 e. The number of ketones is 1. The summed E-state index contributed by atoms with van der Waals surface area (Å²) in [6, 6.07) is 12.6. The Morgan fingerprint density at radius 3 is 2.53 bits per heavy atom. The molecule has 0 atom stereocenters. The van der Waals surface area contributed by atoms with E-state index >= 15 is 0 Å². The Morgan fingerprint density at radius 1 is 1.10 bits per heavy atom. The van der Waals surface area contributed by atoms with Crippen molar-refractivity contribution in [2.24, 2.45) is 0 Å². The van der Waals surface area contributed by atoms with Crippen molar-refractivity contribution in [1.82, 2.24) is 9.38 Å². The van der Waals surface area contributed by atoms with E-state index in [-0.39, 0.29) is 5.78 Å². The Kier molecular flexibility index (Phi) is 5.61. The highest BCUT2D eigenvalue weighted by Crippen LogP contribution is 2.31. The van der Waals surface area contributed by atoms with Crippen LogP contribution in [0.4, 0.5) is 0 Å². The predicted octanol–water partition coefficient (Wildman–Crippen LogP) is 5.94. The van der Waals surface area contributed by atoms with Crippen molar-refractivity contribution in [3.63, 3.8) is 0 Å². The lowest BCUT2D eigenvalue weighted by Gasteiger charge is -2.08. The third-order valence-corrected chi connectivity index (χ3v) is 5.81. The van der Waals surface area contributed by atoms with E-state index in [1.54, 1.807) is 55.9 Å². The summed E-state index contributed by atoms with van der Waals surface area (Å²) in [6.07, 6.45) is 5.37. The van der Waals surface area contributed by atoms with Gasteiger partial charge in [0.05, 0.1) is 25.6 Å². The molecular formula is C23H19ClN2O3S. The number of fused-ring (bicyclic) bond motifs is 1. The first-order valence-electron chi connectivity index (χ1n) is 9.19. The number of thiazole rings is 1. The number of methoxy groups -OCH3 is 2. The second kappa shape index (κ2) is 8.34. The molecule has 5 nitrogen and oxygen atoms in total. The fourth-order valence-electron chi connectivity index (χ4n) is 3.19. The fraction of sp³-hybridized carbons (Fsp3) is 0.130. The molecule has 30 heavy (non-hydrogen) atoms.